The Bertz CT molecular complexity index is 1120. The van der Waals surface area contributed by atoms with Crippen molar-refractivity contribution in [1.82, 2.24) is 0 Å². The van der Waals surface area contributed by atoms with Crippen LogP contribution in [-0.4, -0.2) is 5.78 Å². The summed E-state index contributed by atoms with van der Waals surface area (Å²) in [5.74, 6) is 0.523. The van der Waals surface area contributed by atoms with Crippen LogP contribution in [-0.2, 0) is 16.1 Å². The molecule has 1 aliphatic heterocycles. The van der Waals surface area contributed by atoms with E-state index < -0.39 is 5.92 Å². The highest BCUT2D eigenvalue weighted by atomic mass is 79.9. The van der Waals surface area contributed by atoms with Crippen molar-refractivity contribution in [2.45, 2.75) is 31.8 Å². The molecule has 0 fully saturated rings. The summed E-state index contributed by atoms with van der Waals surface area (Å²) in [6, 6.07) is 15.2. The van der Waals surface area contributed by atoms with Crippen molar-refractivity contribution in [3.8, 4) is 11.8 Å². The van der Waals surface area contributed by atoms with Crippen molar-refractivity contribution in [3.63, 3.8) is 0 Å². The molecule has 30 heavy (non-hydrogen) atoms. The van der Waals surface area contributed by atoms with E-state index in [2.05, 4.69) is 22.0 Å². The van der Waals surface area contributed by atoms with E-state index in [4.69, 9.17) is 26.8 Å². The molecule has 2 aliphatic rings. The van der Waals surface area contributed by atoms with Crippen LogP contribution in [0.5, 0.6) is 5.75 Å². The van der Waals surface area contributed by atoms with E-state index in [9.17, 15) is 10.1 Å². The second-order valence-corrected chi connectivity index (χ2v) is 8.47. The summed E-state index contributed by atoms with van der Waals surface area (Å²) in [5.41, 5.74) is 8.44. The van der Waals surface area contributed by atoms with Crippen LogP contribution >= 0.6 is 27.5 Å². The zero-order valence-electron chi connectivity index (χ0n) is 16.0. The van der Waals surface area contributed by atoms with E-state index in [-0.39, 0.29) is 17.2 Å². The van der Waals surface area contributed by atoms with Gasteiger partial charge in [-0.25, -0.2) is 0 Å². The number of nitrogens with two attached hydrogens (primary N) is 1. The first-order valence-electron chi connectivity index (χ1n) is 9.48. The van der Waals surface area contributed by atoms with Gasteiger partial charge < -0.3 is 15.2 Å². The van der Waals surface area contributed by atoms with Gasteiger partial charge in [-0.15, -0.1) is 0 Å². The van der Waals surface area contributed by atoms with Crippen molar-refractivity contribution in [2.75, 3.05) is 0 Å². The SMILES string of the molecule is N#CC1=C(N)OC2=C(C(=O)CCC2)[C@H]1c1ccc(OCc2ccc(Br)cc2)c(Cl)c1. The van der Waals surface area contributed by atoms with Crippen LogP contribution in [0.1, 0.15) is 36.3 Å². The lowest BCUT2D eigenvalue weighted by atomic mass is 9.77. The highest BCUT2D eigenvalue weighted by molar-refractivity contribution is 9.10. The highest BCUT2D eigenvalue weighted by Gasteiger charge is 2.38. The Kier molecular flexibility index (Phi) is 5.85. The minimum absolute atomic E-state index is 0.0202. The van der Waals surface area contributed by atoms with Gasteiger partial charge in [0.05, 0.1) is 10.9 Å². The first-order chi connectivity index (χ1) is 14.5. The maximum atomic E-state index is 12.6. The van der Waals surface area contributed by atoms with E-state index in [1.54, 1.807) is 12.1 Å². The lowest BCUT2D eigenvalue weighted by Gasteiger charge is -2.31. The molecule has 1 atom stereocenters. The van der Waals surface area contributed by atoms with Crippen LogP contribution in [0.15, 0.2) is 69.7 Å². The predicted octanol–water partition coefficient (Wildman–Crippen LogP) is 5.50. The number of hydrogen-bond donors (Lipinski definition) is 1. The first-order valence-corrected chi connectivity index (χ1v) is 10.7. The topological polar surface area (TPSA) is 85.3 Å². The Balaban J connectivity index is 1.64. The molecule has 5 nitrogen and oxygen atoms in total. The number of nitriles is 1. The van der Waals surface area contributed by atoms with E-state index in [1.165, 1.54) is 0 Å². The number of rotatable bonds is 4. The summed E-state index contributed by atoms with van der Waals surface area (Å²) in [7, 11) is 0. The molecule has 0 bridgehead atoms. The molecule has 1 heterocycles. The quantitative estimate of drug-likeness (QED) is 0.618. The fraction of sp³-hybridized carbons (Fsp3) is 0.217. The van der Waals surface area contributed by atoms with Crippen LogP contribution in [0.3, 0.4) is 0 Å². The summed E-state index contributed by atoms with van der Waals surface area (Å²) in [5, 5.41) is 10.1. The maximum Gasteiger partial charge on any atom is 0.205 e. The minimum atomic E-state index is -0.579. The lowest BCUT2D eigenvalue weighted by Crippen LogP contribution is -2.27. The normalized spacial score (nSPS) is 18.6. The smallest absolute Gasteiger partial charge is 0.205 e. The average molecular weight is 486 g/mol. The molecule has 152 valence electrons. The van der Waals surface area contributed by atoms with Gasteiger partial charge in [0, 0.05) is 22.9 Å². The van der Waals surface area contributed by atoms with Gasteiger partial charge in [-0.3, -0.25) is 4.79 Å². The van der Waals surface area contributed by atoms with Gasteiger partial charge in [-0.2, -0.15) is 5.26 Å². The number of allylic oxidation sites excluding steroid dienone is 3. The van der Waals surface area contributed by atoms with E-state index >= 15 is 0 Å². The van der Waals surface area contributed by atoms with Gasteiger partial charge in [-0.05, 0) is 41.8 Å². The maximum absolute atomic E-state index is 12.6. The van der Waals surface area contributed by atoms with Crippen molar-refractivity contribution in [2.24, 2.45) is 5.73 Å². The third-order valence-corrected chi connectivity index (χ3v) is 6.03. The summed E-state index contributed by atoms with van der Waals surface area (Å²) < 4.78 is 12.4. The Morgan fingerprint density at radius 2 is 2.00 bits per heavy atom. The van der Waals surface area contributed by atoms with Gasteiger partial charge in [0.2, 0.25) is 5.88 Å². The van der Waals surface area contributed by atoms with E-state index in [0.717, 1.165) is 10.0 Å². The van der Waals surface area contributed by atoms with Gasteiger partial charge in [0.15, 0.2) is 5.78 Å². The van der Waals surface area contributed by atoms with Crippen molar-refractivity contribution in [3.05, 3.63) is 85.9 Å². The Morgan fingerprint density at radius 3 is 2.70 bits per heavy atom. The molecule has 0 spiro atoms. The molecule has 0 unspecified atom stereocenters. The number of nitrogens with zero attached hydrogens (tertiary/aromatic N) is 1. The molecule has 2 aromatic rings. The van der Waals surface area contributed by atoms with Crippen molar-refractivity contribution in [1.29, 1.82) is 5.26 Å². The predicted molar refractivity (Wildman–Crippen MR) is 116 cm³/mol. The number of carbonyl (C=O) groups is 1. The second-order valence-electron chi connectivity index (χ2n) is 7.14. The minimum Gasteiger partial charge on any atom is -0.487 e. The summed E-state index contributed by atoms with van der Waals surface area (Å²) in [6.07, 6.45) is 1.77. The summed E-state index contributed by atoms with van der Waals surface area (Å²) in [4.78, 5) is 12.6. The number of ether oxygens (including phenoxy) is 2. The van der Waals surface area contributed by atoms with E-state index in [0.29, 0.717) is 53.5 Å². The molecule has 2 aromatic carbocycles. The zero-order chi connectivity index (χ0) is 21.3. The molecule has 0 saturated heterocycles. The molecule has 2 N–H and O–H groups in total. The summed E-state index contributed by atoms with van der Waals surface area (Å²) >= 11 is 9.89. The highest BCUT2D eigenvalue weighted by Crippen LogP contribution is 2.44. The largest absolute Gasteiger partial charge is 0.487 e. The standard InChI is InChI=1S/C23H18BrClN2O3/c24-15-7-4-13(5-8-15)12-29-19-9-6-14(10-17(19)25)21-16(11-26)23(27)30-20-3-1-2-18(28)22(20)21/h4-10,21H,1-3,12,27H2/t21-/m0/s1. The average Bonchev–Trinajstić information content (AvgIpc) is 2.73. The second kappa shape index (κ2) is 8.55. The van der Waals surface area contributed by atoms with Crippen LogP contribution in [0.25, 0.3) is 0 Å². The fourth-order valence-electron chi connectivity index (χ4n) is 3.75. The van der Waals surface area contributed by atoms with Crippen molar-refractivity contribution >= 4 is 33.3 Å². The molecule has 4 rings (SSSR count). The third kappa shape index (κ3) is 3.96. The van der Waals surface area contributed by atoms with Gasteiger partial charge in [-0.1, -0.05) is 45.7 Å². The Morgan fingerprint density at radius 1 is 1.23 bits per heavy atom. The number of halogens is 2. The number of ketones is 1. The van der Waals surface area contributed by atoms with Crippen molar-refractivity contribution < 1.29 is 14.3 Å². The van der Waals surface area contributed by atoms with Gasteiger partial charge >= 0.3 is 0 Å². The lowest BCUT2D eigenvalue weighted by molar-refractivity contribution is -0.116. The number of carbonyl (C=O) groups excluding carboxylic acids is 1. The number of hydrogen-bond acceptors (Lipinski definition) is 5. The molecule has 0 radical (unpaired) electrons. The fourth-order valence-corrected chi connectivity index (χ4v) is 4.25. The van der Waals surface area contributed by atoms with E-state index in [1.807, 2.05) is 30.3 Å². The van der Waals surface area contributed by atoms with Gasteiger partial charge in [0.1, 0.15) is 29.8 Å². The molecule has 0 saturated carbocycles. The number of Topliss-reactive ketones (excluding diaryl/α,β-unsaturated/α-hetero) is 1. The van der Waals surface area contributed by atoms with Crippen LogP contribution in [0.2, 0.25) is 5.02 Å². The number of benzene rings is 2. The monoisotopic (exact) mass is 484 g/mol. The molecule has 7 heteroatoms. The molecule has 1 aliphatic carbocycles. The van der Waals surface area contributed by atoms with Crippen LogP contribution in [0, 0.1) is 11.3 Å². The van der Waals surface area contributed by atoms with Crippen LogP contribution in [0.4, 0.5) is 0 Å². The molecule has 0 amide bonds. The third-order valence-electron chi connectivity index (χ3n) is 5.20. The molecular formula is C23H18BrClN2O3. The Labute approximate surface area is 187 Å². The zero-order valence-corrected chi connectivity index (χ0v) is 18.3. The summed E-state index contributed by atoms with van der Waals surface area (Å²) in [6.45, 7) is 0.369. The molecule has 0 aromatic heterocycles. The Hall–Kier alpha value is -2.75. The van der Waals surface area contributed by atoms with Gasteiger partial charge in [0.25, 0.3) is 0 Å². The first kappa shape index (κ1) is 20.5. The van der Waals surface area contributed by atoms with Crippen LogP contribution < -0.4 is 10.5 Å². The molecular weight excluding hydrogens is 468 g/mol.